The summed E-state index contributed by atoms with van der Waals surface area (Å²) in [7, 11) is 0. The third-order valence-electron chi connectivity index (χ3n) is 30.6. The zero-order chi connectivity index (χ0) is 84.3. The van der Waals surface area contributed by atoms with Crippen molar-refractivity contribution in [1.29, 1.82) is 0 Å². The number of fused-ring (bicyclic) bond motifs is 23. The molecule has 598 valence electrons. The lowest BCUT2D eigenvalue weighted by atomic mass is 9.68. The second kappa shape index (κ2) is 22.0. The van der Waals surface area contributed by atoms with Crippen molar-refractivity contribution in [2.45, 2.75) is 278 Å². The van der Waals surface area contributed by atoms with E-state index < -0.39 is 0 Å². The Labute approximate surface area is 715 Å². The number of benzene rings is 21. The SMILES string of the molecule is CC(C)(C)c1ccc2c(c1)c1cc(C(C)(C)C)cc3c4cc(C(C)(C)C)cc5c6cc(C(C)(C)C)cc7c8cc(C(C)(C)C)cc9c8c8c(c2c(c13)c(c45)c8c76)C1Sc2c(sc3c2c2cc(C(C)(C)C)cc4c5cc(C(C)(C)C)cc6c7cc(C(C)(C)C)cc8c%10cc(C(C)(C)C)cc%11c%12cc(C(C)(C)C)ccc%12c%12c3c(c42)c(c56)c(c87)c%12c%11%10)C91. The molecule has 0 nitrogen and oxygen atoms in total. The Morgan fingerprint density at radius 3 is 0.733 bits per heavy atom. The molecule has 0 radical (unpaired) electrons. The molecule has 2 unspecified atom stereocenters. The van der Waals surface area contributed by atoms with Crippen molar-refractivity contribution < 1.29 is 0 Å². The van der Waals surface area contributed by atoms with Crippen LogP contribution in [0.2, 0.25) is 0 Å². The van der Waals surface area contributed by atoms with Gasteiger partial charge in [-0.2, -0.15) is 0 Å². The van der Waals surface area contributed by atoms with Crippen LogP contribution < -0.4 is 0 Å². The minimum Gasteiger partial charge on any atom is -0.138 e. The van der Waals surface area contributed by atoms with Crippen LogP contribution in [0.1, 0.15) is 291 Å². The number of thioether (sulfide) groups is 1. The normalized spacial score (nSPS) is 16.4. The summed E-state index contributed by atoms with van der Waals surface area (Å²) in [6.45, 7) is 73.6. The van der Waals surface area contributed by atoms with Crippen LogP contribution in [0.4, 0.5) is 0 Å². The van der Waals surface area contributed by atoms with Crippen LogP contribution >= 0.6 is 23.1 Å². The highest BCUT2D eigenvalue weighted by molar-refractivity contribution is 8.00. The molecule has 2 aliphatic rings. The van der Waals surface area contributed by atoms with Gasteiger partial charge >= 0.3 is 0 Å². The molecular formula is C118H114S2. The Bertz CT molecular complexity index is 8370. The van der Waals surface area contributed by atoms with Gasteiger partial charge < -0.3 is 0 Å². The number of thiophene rings is 1. The number of rotatable bonds is 0. The fourth-order valence-electron chi connectivity index (χ4n) is 23.7. The molecule has 1 aliphatic carbocycles. The first-order chi connectivity index (χ1) is 55.8. The lowest BCUT2D eigenvalue weighted by Crippen LogP contribution is -2.17. The van der Waals surface area contributed by atoms with E-state index in [1.165, 1.54) is 281 Å². The van der Waals surface area contributed by atoms with Crippen molar-refractivity contribution in [2.24, 2.45) is 0 Å². The molecule has 1 aromatic heterocycles. The summed E-state index contributed by atoms with van der Waals surface area (Å²) >= 11 is 4.50. The zero-order valence-corrected chi connectivity index (χ0v) is 78.3. The largest absolute Gasteiger partial charge is 0.138 e. The first kappa shape index (κ1) is 74.5. The third kappa shape index (κ3) is 9.27. The van der Waals surface area contributed by atoms with Crippen molar-refractivity contribution in [2.75, 3.05) is 0 Å². The van der Waals surface area contributed by atoms with E-state index in [9.17, 15) is 0 Å². The van der Waals surface area contributed by atoms with E-state index in [2.05, 4.69) is 364 Å². The van der Waals surface area contributed by atoms with Crippen molar-refractivity contribution in [3.63, 3.8) is 0 Å². The molecule has 2 heteroatoms. The first-order valence-corrected chi connectivity index (χ1v) is 46.7. The van der Waals surface area contributed by atoms with Gasteiger partial charge in [-0.05, 0) is 413 Å². The molecule has 0 saturated heterocycles. The minimum absolute atomic E-state index is 0.0206. The average Bonchev–Trinajstić information content (AvgIpc) is 1.11. The molecule has 24 rings (SSSR count). The predicted octanol–water partition coefficient (Wildman–Crippen LogP) is 36.1. The van der Waals surface area contributed by atoms with Crippen LogP contribution in [0.5, 0.6) is 0 Å². The standard InChI is InChI=1S/C118H114S2/c1-109(2,3)53-31-33-63-65(35-53)67-37-55(111(7,8)9)39-69-71-41-57(113(13,14)15)43-73-75-45-59(115(19,20)21)47-77-79-49-61(117(25,26)27)51-81-89(79)101-99(87(75)77)97(85(71)73)95(83(67)69)91(63)103(101)105-93(81)107-108(119-105)94-82-52-62(118(28,29)30)50-80-78-48-60(116(22,23)24)46-76-74-44-58(114(16,17)18)42-72-70-40-56(112(10,11)12)38-68-66-36-54(110(4,5)6)32-34-64(66)92-96(84(68)70)98(86(72)74)100(88(76)78)102(90(80)82)104(92)106(94)120-107/h31-52,93,105H,1-30H3. The lowest BCUT2D eigenvalue weighted by molar-refractivity contribution is 0.589. The van der Waals surface area contributed by atoms with Crippen molar-refractivity contribution >= 4 is 238 Å². The Morgan fingerprint density at radius 2 is 0.417 bits per heavy atom. The molecule has 2 heterocycles. The van der Waals surface area contributed by atoms with E-state index >= 15 is 0 Å². The average molecular weight is 1600 g/mol. The third-order valence-corrected chi connectivity index (χ3v) is 33.4. The van der Waals surface area contributed by atoms with E-state index in [1.807, 2.05) is 0 Å². The minimum atomic E-state index is -0.179. The topological polar surface area (TPSA) is 0 Å². The van der Waals surface area contributed by atoms with Gasteiger partial charge in [0, 0.05) is 47.2 Å². The zero-order valence-electron chi connectivity index (χ0n) is 76.7. The van der Waals surface area contributed by atoms with Crippen LogP contribution in [0.15, 0.2) is 138 Å². The van der Waals surface area contributed by atoms with Crippen molar-refractivity contribution in [1.82, 2.24) is 0 Å². The van der Waals surface area contributed by atoms with Crippen LogP contribution in [0.3, 0.4) is 0 Å². The van der Waals surface area contributed by atoms with Crippen LogP contribution in [0.25, 0.3) is 215 Å². The van der Waals surface area contributed by atoms with Gasteiger partial charge in [-0.15, -0.1) is 23.1 Å². The van der Waals surface area contributed by atoms with Gasteiger partial charge in [0.15, 0.2) is 0 Å². The number of hydrogen-bond donors (Lipinski definition) is 0. The molecule has 0 spiro atoms. The van der Waals surface area contributed by atoms with Crippen LogP contribution in [-0.4, -0.2) is 0 Å². The monoisotopic (exact) mass is 1590 g/mol. The van der Waals surface area contributed by atoms with Gasteiger partial charge in [0.2, 0.25) is 0 Å². The molecule has 0 fully saturated rings. The first-order valence-electron chi connectivity index (χ1n) is 45.0. The summed E-state index contributed by atoms with van der Waals surface area (Å²) in [4.78, 5) is 3.05. The molecule has 0 N–H and O–H groups in total. The van der Waals surface area contributed by atoms with E-state index in [-0.39, 0.29) is 65.3 Å². The Balaban J connectivity index is 0.970. The summed E-state index contributed by atoms with van der Waals surface area (Å²) < 4.78 is 1.46. The molecule has 1 aliphatic heterocycles. The maximum atomic E-state index is 2.79. The molecule has 22 aromatic rings. The Kier molecular flexibility index (Phi) is 13.7. The highest BCUT2D eigenvalue weighted by Gasteiger charge is 2.48. The van der Waals surface area contributed by atoms with Crippen LogP contribution in [0, 0.1) is 0 Å². The van der Waals surface area contributed by atoms with Gasteiger partial charge in [0.05, 0.1) is 0 Å². The summed E-state index contributed by atoms with van der Waals surface area (Å²) in [6.07, 6.45) is 0. The second-order valence-corrected chi connectivity index (χ2v) is 50.9. The lowest BCUT2D eigenvalue weighted by Gasteiger charge is -2.36. The Hall–Kier alpha value is -9.31. The van der Waals surface area contributed by atoms with E-state index in [0.29, 0.717) is 0 Å². The maximum Gasteiger partial charge on any atom is 0.0475 e. The Morgan fingerprint density at radius 1 is 0.183 bits per heavy atom. The predicted molar refractivity (Wildman–Crippen MR) is 537 cm³/mol. The summed E-state index contributed by atoms with van der Waals surface area (Å²) in [5.74, 6) is 0.0206. The molecule has 21 aromatic carbocycles. The fraction of sp³-hybridized carbons (Fsp3) is 0.356. The van der Waals surface area contributed by atoms with Gasteiger partial charge in [-0.25, -0.2) is 0 Å². The van der Waals surface area contributed by atoms with Gasteiger partial charge in [0.1, 0.15) is 0 Å². The molecule has 2 atom stereocenters. The van der Waals surface area contributed by atoms with E-state index in [1.54, 1.807) is 10.4 Å². The molecule has 0 saturated carbocycles. The highest BCUT2D eigenvalue weighted by Crippen LogP contribution is 2.72. The molecule has 0 amide bonds. The maximum absolute atomic E-state index is 2.79. The van der Waals surface area contributed by atoms with Crippen molar-refractivity contribution in [3.8, 4) is 0 Å². The van der Waals surface area contributed by atoms with Gasteiger partial charge in [-0.1, -0.05) is 238 Å². The van der Waals surface area contributed by atoms with E-state index in [0.717, 1.165) is 0 Å². The summed E-state index contributed by atoms with van der Waals surface area (Å²) in [5.41, 5.74) is 15.7. The van der Waals surface area contributed by atoms with Gasteiger partial charge in [0.25, 0.3) is 0 Å². The number of hydrogen-bond acceptors (Lipinski definition) is 2. The molecule has 0 bridgehead atoms. The summed E-state index contributed by atoms with van der Waals surface area (Å²) in [5, 5.41) is 55.8. The highest BCUT2D eigenvalue weighted by atomic mass is 32.2. The summed E-state index contributed by atoms with van der Waals surface area (Å²) in [6, 6.07) is 58.7. The van der Waals surface area contributed by atoms with E-state index in [4.69, 9.17) is 0 Å². The quantitative estimate of drug-likeness (QED) is 0.108. The molecule has 120 heavy (non-hydrogen) atoms. The smallest absolute Gasteiger partial charge is 0.0475 e. The second-order valence-electron chi connectivity index (χ2n) is 48.7. The van der Waals surface area contributed by atoms with Crippen LogP contribution in [-0.2, 0) is 54.1 Å². The van der Waals surface area contributed by atoms with Gasteiger partial charge in [-0.3, -0.25) is 0 Å². The van der Waals surface area contributed by atoms with Crippen molar-refractivity contribution in [3.05, 3.63) is 205 Å². The fourth-order valence-corrected chi connectivity index (χ4v) is 27.2. The molecular weight excluding hydrogens is 1480 g/mol.